The second-order valence-corrected chi connectivity index (χ2v) is 1.02. The molecule has 51 valence electrons. The third kappa shape index (κ3) is 8.59. The van der Waals surface area contributed by atoms with Crippen LogP contribution < -0.4 is 0 Å². The van der Waals surface area contributed by atoms with Gasteiger partial charge in [-0.15, -0.1) is 0 Å². The molecule has 0 aromatic carbocycles. The summed E-state index contributed by atoms with van der Waals surface area (Å²) in [6.45, 7) is 0. The van der Waals surface area contributed by atoms with Crippen LogP contribution in [-0.4, -0.2) is 4.98 Å². The molecule has 9 heavy (non-hydrogen) atoms. The monoisotopic (exact) mass is 324 g/mol. The van der Waals surface area contributed by atoms with Crippen LogP contribution in [0.25, 0.3) is 0 Å². The Bertz CT molecular complexity index is 86.9. The predicted octanol–water partition coefficient (Wildman–Crippen LogP) is 1.07. The zero-order valence-electron chi connectivity index (χ0n) is 4.60. The van der Waals surface area contributed by atoms with Crippen LogP contribution in [-0.2, 0) is 49.4 Å². The molecule has 0 unspecified atom stereocenters. The number of pyridine rings is 1. The molecule has 1 heterocycles. The molecule has 0 aliphatic carbocycles. The van der Waals surface area contributed by atoms with Crippen LogP contribution in [0.2, 0.25) is 0 Å². The van der Waals surface area contributed by atoms with Crippen LogP contribution in [0, 0.1) is 0 Å². The van der Waals surface area contributed by atoms with E-state index in [9.17, 15) is 0 Å². The molecule has 0 atom stereocenters. The van der Waals surface area contributed by atoms with Crippen LogP contribution in [0.15, 0.2) is 30.6 Å². The summed E-state index contributed by atoms with van der Waals surface area (Å²) in [5, 5.41) is 0. The molecular formula is C5H5NS2Ta-4. The Hall–Kier alpha value is 0.590. The van der Waals surface area contributed by atoms with E-state index in [-0.39, 0.29) is 49.4 Å². The standard InChI is InChI=1S/C5H5N.2S.Ta/c1-2-4-6-5-3-1;;;/h1-5H;;;/q;2*-2;. The van der Waals surface area contributed by atoms with Crippen molar-refractivity contribution >= 4 is 27.0 Å². The number of hydrogen-bond acceptors (Lipinski definition) is 1. The minimum absolute atomic E-state index is 0. The van der Waals surface area contributed by atoms with Crippen LogP contribution in [0.1, 0.15) is 0 Å². The van der Waals surface area contributed by atoms with Gasteiger partial charge >= 0.3 is 0 Å². The molecule has 1 radical (unpaired) electrons. The largest absolute Gasteiger partial charge is 2.00 e. The predicted molar refractivity (Wildman–Crippen MR) is 39.0 cm³/mol. The first-order chi connectivity index (χ1) is 3.00. The normalized spacial score (nSPS) is 5.33. The number of hydrogen-bond donors (Lipinski definition) is 0. The summed E-state index contributed by atoms with van der Waals surface area (Å²) in [4.78, 5) is 3.78. The van der Waals surface area contributed by atoms with Gasteiger partial charge in [-0.05, 0) is 12.1 Å². The van der Waals surface area contributed by atoms with Gasteiger partial charge < -0.3 is 27.0 Å². The third-order valence-electron chi connectivity index (χ3n) is 0.566. The van der Waals surface area contributed by atoms with E-state index < -0.39 is 0 Å². The fraction of sp³-hybridized carbons (Fsp3) is 0. The average molecular weight is 324 g/mol. The van der Waals surface area contributed by atoms with E-state index in [1.54, 1.807) is 12.4 Å². The zero-order chi connectivity index (χ0) is 4.24. The van der Waals surface area contributed by atoms with Gasteiger partial charge in [0.15, 0.2) is 0 Å². The Kier molecular flexibility index (Phi) is 20.6. The van der Waals surface area contributed by atoms with Gasteiger partial charge in [0.05, 0.1) is 0 Å². The molecule has 1 nitrogen and oxygen atoms in total. The molecule has 1 aromatic rings. The molecule has 0 aliphatic rings. The van der Waals surface area contributed by atoms with Crippen molar-refractivity contribution in [1.82, 2.24) is 4.98 Å². The summed E-state index contributed by atoms with van der Waals surface area (Å²) in [6, 6.07) is 5.72. The third-order valence-corrected chi connectivity index (χ3v) is 0.566. The van der Waals surface area contributed by atoms with E-state index in [2.05, 4.69) is 4.98 Å². The molecule has 0 bridgehead atoms. The molecule has 0 amide bonds. The molecule has 0 aliphatic heterocycles. The molecule has 1 rings (SSSR count). The topological polar surface area (TPSA) is 12.9 Å². The van der Waals surface area contributed by atoms with E-state index in [0.717, 1.165) is 0 Å². The number of nitrogens with zero attached hydrogens (tertiary/aromatic N) is 1. The summed E-state index contributed by atoms with van der Waals surface area (Å²) in [6.07, 6.45) is 3.50. The Morgan fingerprint density at radius 3 is 1.33 bits per heavy atom. The summed E-state index contributed by atoms with van der Waals surface area (Å²) >= 11 is 0. The Morgan fingerprint density at radius 1 is 0.778 bits per heavy atom. The van der Waals surface area contributed by atoms with Crippen molar-refractivity contribution in [2.75, 3.05) is 0 Å². The molecule has 4 heteroatoms. The Morgan fingerprint density at radius 2 is 1.22 bits per heavy atom. The van der Waals surface area contributed by atoms with Gasteiger partial charge in [-0.25, -0.2) is 0 Å². The minimum atomic E-state index is 0. The van der Waals surface area contributed by atoms with Gasteiger partial charge in [0.25, 0.3) is 0 Å². The van der Waals surface area contributed by atoms with E-state index in [4.69, 9.17) is 0 Å². The fourth-order valence-corrected chi connectivity index (χ4v) is 0.313. The maximum absolute atomic E-state index is 3.78. The molecule has 0 spiro atoms. The van der Waals surface area contributed by atoms with Crippen molar-refractivity contribution in [1.29, 1.82) is 0 Å². The van der Waals surface area contributed by atoms with Gasteiger partial charge in [0.2, 0.25) is 0 Å². The van der Waals surface area contributed by atoms with E-state index >= 15 is 0 Å². The second kappa shape index (κ2) is 11.4. The fourth-order valence-electron chi connectivity index (χ4n) is 0.313. The maximum atomic E-state index is 3.78. The van der Waals surface area contributed by atoms with Gasteiger partial charge in [-0.2, -0.15) is 0 Å². The van der Waals surface area contributed by atoms with Gasteiger partial charge in [0, 0.05) is 34.8 Å². The maximum Gasteiger partial charge on any atom is 0.0267 e. The van der Waals surface area contributed by atoms with Crippen molar-refractivity contribution < 1.29 is 22.4 Å². The van der Waals surface area contributed by atoms with Crippen LogP contribution >= 0.6 is 0 Å². The van der Waals surface area contributed by atoms with E-state index in [1.807, 2.05) is 18.2 Å². The van der Waals surface area contributed by atoms with Gasteiger partial charge in [-0.3, -0.25) is 4.98 Å². The number of rotatable bonds is 0. The summed E-state index contributed by atoms with van der Waals surface area (Å²) < 4.78 is 0. The van der Waals surface area contributed by atoms with Crippen molar-refractivity contribution in [2.45, 2.75) is 0 Å². The van der Waals surface area contributed by atoms with Crippen molar-refractivity contribution in [3.05, 3.63) is 30.6 Å². The molecule has 0 fully saturated rings. The van der Waals surface area contributed by atoms with Crippen LogP contribution in [0.4, 0.5) is 0 Å². The summed E-state index contributed by atoms with van der Waals surface area (Å²) in [7, 11) is 0. The Balaban J connectivity index is -0.000000120. The zero-order valence-corrected chi connectivity index (χ0v) is 9.44. The van der Waals surface area contributed by atoms with E-state index in [1.165, 1.54) is 0 Å². The SMILES string of the molecule is [S-2].[S-2].[Ta].c1ccncc1. The quantitative estimate of drug-likeness (QED) is 0.696. The Labute approximate surface area is 84.7 Å². The van der Waals surface area contributed by atoms with E-state index in [0.29, 0.717) is 0 Å². The van der Waals surface area contributed by atoms with Crippen molar-refractivity contribution in [3.63, 3.8) is 0 Å². The van der Waals surface area contributed by atoms with Gasteiger partial charge in [-0.1, -0.05) is 6.07 Å². The average Bonchev–Trinajstić information content (AvgIpc) is 1.72. The molecule has 0 saturated heterocycles. The first-order valence-corrected chi connectivity index (χ1v) is 1.85. The first-order valence-electron chi connectivity index (χ1n) is 1.85. The first kappa shape index (κ1) is 16.3. The van der Waals surface area contributed by atoms with Gasteiger partial charge in [0.1, 0.15) is 0 Å². The molecular weight excluding hydrogens is 319 g/mol. The minimum Gasteiger partial charge on any atom is -2.00 e. The molecule has 1 aromatic heterocycles. The number of aromatic nitrogens is 1. The summed E-state index contributed by atoms with van der Waals surface area (Å²) in [5.41, 5.74) is 0. The van der Waals surface area contributed by atoms with Crippen molar-refractivity contribution in [2.24, 2.45) is 0 Å². The molecule has 0 saturated carbocycles. The van der Waals surface area contributed by atoms with Crippen molar-refractivity contribution in [3.8, 4) is 0 Å². The van der Waals surface area contributed by atoms with Crippen LogP contribution in [0.5, 0.6) is 0 Å². The summed E-state index contributed by atoms with van der Waals surface area (Å²) in [5.74, 6) is 0. The molecule has 0 N–H and O–H groups in total. The second-order valence-electron chi connectivity index (χ2n) is 1.02. The smallest absolute Gasteiger partial charge is 0.0267 e. The van der Waals surface area contributed by atoms with Crippen LogP contribution in [0.3, 0.4) is 0 Å².